The molecule has 0 saturated carbocycles. The number of benzene rings is 1. The third kappa shape index (κ3) is 3.63. The van der Waals surface area contributed by atoms with Gasteiger partial charge in [-0.15, -0.1) is 11.3 Å². The Morgan fingerprint density at radius 1 is 1.22 bits per heavy atom. The molecule has 2 rings (SSSR count). The third-order valence-corrected chi connectivity index (χ3v) is 3.84. The average Bonchev–Trinajstić information content (AvgIpc) is 2.81. The smallest absolute Gasteiger partial charge is 0.0797 e. The quantitative estimate of drug-likeness (QED) is 0.814. The lowest BCUT2D eigenvalue weighted by Crippen LogP contribution is -2.00. The minimum Gasteiger partial charge on any atom is -0.376 e. The Morgan fingerprint density at radius 2 is 1.94 bits per heavy atom. The topological polar surface area (TPSA) is 48.1 Å². The molecule has 96 valence electrons. The van der Waals surface area contributed by atoms with Crippen molar-refractivity contribution in [3.05, 3.63) is 51.5 Å². The molecule has 1 aromatic heterocycles. The number of nitrogens with two attached hydrogens (primary N) is 1. The van der Waals surface area contributed by atoms with Crippen LogP contribution in [0.2, 0.25) is 0 Å². The summed E-state index contributed by atoms with van der Waals surface area (Å²) in [6, 6.07) is 8.23. The number of aryl methyl sites for hydroxylation is 1. The van der Waals surface area contributed by atoms with Gasteiger partial charge in [0.05, 0.1) is 24.4 Å². The standard InChI is InChI=1S/C14H18N2OS/c1-11-14(18-10-16-11)6-7-17-9-13-4-2-12(8-15)3-5-13/h2-5,10H,6-9,15H2,1H3. The predicted octanol–water partition coefficient (Wildman–Crippen LogP) is 2.67. The molecule has 0 atom stereocenters. The molecule has 3 nitrogen and oxygen atoms in total. The summed E-state index contributed by atoms with van der Waals surface area (Å²) in [5.41, 5.74) is 10.9. The summed E-state index contributed by atoms with van der Waals surface area (Å²) in [6.07, 6.45) is 0.942. The molecule has 2 N–H and O–H groups in total. The van der Waals surface area contributed by atoms with Gasteiger partial charge in [0.25, 0.3) is 0 Å². The lowest BCUT2D eigenvalue weighted by atomic mass is 10.1. The number of ether oxygens (including phenoxy) is 1. The van der Waals surface area contributed by atoms with Gasteiger partial charge in [-0.2, -0.15) is 0 Å². The summed E-state index contributed by atoms with van der Waals surface area (Å²) in [6.45, 7) is 4.02. The highest BCUT2D eigenvalue weighted by Gasteiger charge is 2.01. The molecule has 0 spiro atoms. The maximum atomic E-state index is 5.67. The van der Waals surface area contributed by atoms with Crippen molar-refractivity contribution in [3.8, 4) is 0 Å². The summed E-state index contributed by atoms with van der Waals surface area (Å²) in [5, 5.41) is 0. The first-order valence-corrected chi connectivity index (χ1v) is 6.92. The Hall–Kier alpha value is -1.23. The fraction of sp³-hybridized carbons (Fsp3) is 0.357. The molecule has 0 saturated heterocycles. The zero-order valence-corrected chi connectivity index (χ0v) is 11.4. The van der Waals surface area contributed by atoms with Gasteiger partial charge in [-0.1, -0.05) is 24.3 Å². The largest absolute Gasteiger partial charge is 0.376 e. The molecule has 0 aliphatic heterocycles. The van der Waals surface area contributed by atoms with Crippen molar-refractivity contribution >= 4 is 11.3 Å². The normalized spacial score (nSPS) is 10.8. The molecule has 0 aliphatic carbocycles. The summed E-state index contributed by atoms with van der Waals surface area (Å²) in [4.78, 5) is 5.54. The van der Waals surface area contributed by atoms with E-state index in [2.05, 4.69) is 17.1 Å². The molecule has 1 heterocycles. The van der Waals surface area contributed by atoms with E-state index in [1.54, 1.807) is 11.3 Å². The van der Waals surface area contributed by atoms with E-state index < -0.39 is 0 Å². The lowest BCUT2D eigenvalue weighted by Gasteiger charge is -2.05. The zero-order valence-electron chi connectivity index (χ0n) is 10.6. The van der Waals surface area contributed by atoms with Crippen LogP contribution in [0.1, 0.15) is 21.7 Å². The van der Waals surface area contributed by atoms with Gasteiger partial charge in [-0.3, -0.25) is 0 Å². The fourth-order valence-electron chi connectivity index (χ4n) is 1.69. The Kier molecular flexibility index (Phi) is 4.87. The first-order chi connectivity index (χ1) is 8.79. The van der Waals surface area contributed by atoms with E-state index >= 15 is 0 Å². The molecule has 0 radical (unpaired) electrons. The Balaban J connectivity index is 1.73. The van der Waals surface area contributed by atoms with Crippen LogP contribution < -0.4 is 5.73 Å². The number of hydrogen-bond donors (Lipinski definition) is 1. The van der Waals surface area contributed by atoms with Crippen LogP contribution in [0.4, 0.5) is 0 Å². The predicted molar refractivity (Wildman–Crippen MR) is 74.5 cm³/mol. The molecule has 1 aromatic carbocycles. The first kappa shape index (κ1) is 13.2. The summed E-state index contributed by atoms with van der Waals surface area (Å²) in [5.74, 6) is 0. The van der Waals surface area contributed by atoms with E-state index in [1.807, 2.05) is 24.6 Å². The number of hydrogen-bond acceptors (Lipinski definition) is 4. The zero-order chi connectivity index (χ0) is 12.8. The SMILES string of the molecule is Cc1ncsc1CCOCc1ccc(CN)cc1. The van der Waals surface area contributed by atoms with Crippen molar-refractivity contribution in [2.45, 2.75) is 26.5 Å². The first-order valence-electron chi connectivity index (χ1n) is 6.04. The molecule has 4 heteroatoms. The molecule has 0 aliphatic rings. The van der Waals surface area contributed by atoms with Crippen LogP contribution in [0.15, 0.2) is 29.8 Å². The van der Waals surface area contributed by atoms with Crippen molar-refractivity contribution in [2.75, 3.05) is 6.61 Å². The highest BCUT2D eigenvalue weighted by molar-refractivity contribution is 7.09. The molecule has 0 bridgehead atoms. The van der Waals surface area contributed by atoms with Crippen LogP contribution in [0.3, 0.4) is 0 Å². The second-order valence-electron chi connectivity index (χ2n) is 4.18. The van der Waals surface area contributed by atoms with E-state index in [0.717, 1.165) is 24.3 Å². The maximum absolute atomic E-state index is 5.67. The number of rotatable bonds is 6. The minimum atomic E-state index is 0.589. The van der Waals surface area contributed by atoms with Crippen LogP contribution in [-0.4, -0.2) is 11.6 Å². The van der Waals surface area contributed by atoms with Gasteiger partial charge in [0.2, 0.25) is 0 Å². The summed E-state index contributed by atoms with van der Waals surface area (Å²) >= 11 is 1.70. The monoisotopic (exact) mass is 262 g/mol. The van der Waals surface area contributed by atoms with Crippen molar-refractivity contribution in [1.29, 1.82) is 0 Å². The summed E-state index contributed by atoms with van der Waals surface area (Å²) in [7, 11) is 0. The van der Waals surface area contributed by atoms with Crippen molar-refractivity contribution < 1.29 is 4.74 Å². The second kappa shape index (κ2) is 6.64. The Bertz CT molecular complexity index is 479. The van der Waals surface area contributed by atoms with E-state index in [0.29, 0.717) is 13.2 Å². The fourth-order valence-corrected chi connectivity index (χ4v) is 2.46. The van der Waals surface area contributed by atoms with Gasteiger partial charge in [0.1, 0.15) is 0 Å². The average molecular weight is 262 g/mol. The third-order valence-electron chi connectivity index (χ3n) is 2.85. The van der Waals surface area contributed by atoms with Gasteiger partial charge in [-0.05, 0) is 18.1 Å². The van der Waals surface area contributed by atoms with Crippen molar-refractivity contribution in [1.82, 2.24) is 4.98 Å². The molecule has 2 aromatic rings. The van der Waals surface area contributed by atoms with Crippen LogP contribution in [0.25, 0.3) is 0 Å². The number of nitrogens with zero attached hydrogens (tertiary/aromatic N) is 1. The molecular formula is C14H18N2OS. The Morgan fingerprint density at radius 3 is 2.56 bits per heavy atom. The lowest BCUT2D eigenvalue weighted by molar-refractivity contribution is 0.124. The van der Waals surface area contributed by atoms with Crippen LogP contribution in [-0.2, 0) is 24.3 Å². The molecule has 0 unspecified atom stereocenters. The van der Waals surface area contributed by atoms with E-state index in [1.165, 1.54) is 10.4 Å². The van der Waals surface area contributed by atoms with Gasteiger partial charge in [-0.25, -0.2) is 4.98 Å². The van der Waals surface area contributed by atoms with E-state index in [9.17, 15) is 0 Å². The highest BCUT2D eigenvalue weighted by atomic mass is 32.1. The summed E-state index contributed by atoms with van der Waals surface area (Å²) < 4.78 is 5.67. The van der Waals surface area contributed by atoms with E-state index in [4.69, 9.17) is 10.5 Å². The molecular weight excluding hydrogens is 244 g/mol. The molecule has 0 fully saturated rings. The Labute approximate surface area is 112 Å². The van der Waals surface area contributed by atoms with Gasteiger partial charge < -0.3 is 10.5 Å². The van der Waals surface area contributed by atoms with Crippen LogP contribution in [0.5, 0.6) is 0 Å². The van der Waals surface area contributed by atoms with Crippen LogP contribution in [0, 0.1) is 6.92 Å². The van der Waals surface area contributed by atoms with Crippen molar-refractivity contribution in [2.24, 2.45) is 5.73 Å². The van der Waals surface area contributed by atoms with E-state index in [-0.39, 0.29) is 0 Å². The van der Waals surface area contributed by atoms with Crippen LogP contribution >= 0.6 is 11.3 Å². The second-order valence-corrected chi connectivity index (χ2v) is 5.12. The number of thiazole rings is 1. The van der Waals surface area contributed by atoms with Gasteiger partial charge >= 0.3 is 0 Å². The molecule has 18 heavy (non-hydrogen) atoms. The maximum Gasteiger partial charge on any atom is 0.0797 e. The van der Waals surface area contributed by atoms with Gasteiger partial charge in [0, 0.05) is 17.8 Å². The highest BCUT2D eigenvalue weighted by Crippen LogP contribution is 2.13. The molecule has 0 amide bonds. The van der Waals surface area contributed by atoms with Crippen molar-refractivity contribution in [3.63, 3.8) is 0 Å². The number of aromatic nitrogens is 1. The van der Waals surface area contributed by atoms with Gasteiger partial charge in [0.15, 0.2) is 0 Å². The minimum absolute atomic E-state index is 0.589.